The zero-order valence-electron chi connectivity index (χ0n) is 33.9. The number of nitrogens with zero attached hydrogens (tertiary/aromatic N) is 5. The number of hydrogen-bond donors (Lipinski definition) is 3. The normalized spacial score (nSPS) is 21.7. The second-order valence-electron chi connectivity index (χ2n) is 17.5. The number of pyridine rings is 2. The first-order valence-electron chi connectivity index (χ1n) is 21.3. The number of aromatic nitrogens is 2. The molecule has 4 aromatic rings. The van der Waals surface area contributed by atoms with Gasteiger partial charge in [0, 0.05) is 67.2 Å². The van der Waals surface area contributed by atoms with Crippen LogP contribution in [0.4, 0.5) is 26.4 Å². The Kier molecular flexibility index (Phi) is 9.84. The monoisotopic (exact) mass is 830 g/mol. The van der Waals surface area contributed by atoms with Crippen molar-refractivity contribution >= 4 is 57.7 Å². The first kappa shape index (κ1) is 39.0. The maximum absolute atomic E-state index is 15.3. The topological polar surface area (TPSA) is 175 Å². The first-order chi connectivity index (χ1) is 29.5. The highest BCUT2D eigenvalue weighted by molar-refractivity contribution is 6.23. The standard InChI is InChI=1S/C45H47FN8O7/c1-25-34(23-49-41-39(25)47-10-15-60-41)32-16-27-18-37(48-22-28(27)17-35(32)46)50-44(59)61-30-20-45(21-30)8-13-52(14-9-45)24-26-6-11-53(12-7-26)29-2-3-31-33(19-29)43(58)54(42(31)57)36-4-5-38(55)51-40(36)56/h2-3,16-19,22-23,26,30,36,47H,4-15,20-21,24H2,1H3,(H,48,50,59)(H,51,55,56). The molecule has 1 spiro atoms. The lowest BCUT2D eigenvalue weighted by molar-refractivity contribution is -0.136. The van der Waals surface area contributed by atoms with Crippen LogP contribution in [0.5, 0.6) is 5.88 Å². The molecule has 0 radical (unpaired) electrons. The third-order valence-corrected chi connectivity index (χ3v) is 13.7. The Morgan fingerprint density at radius 1 is 0.918 bits per heavy atom. The highest BCUT2D eigenvalue weighted by Gasteiger charge is 2.48. The predicted molar refractivity (Wildman–Crippen MR) is 223 cm³/mol. The van der Waals surface area contributed by atoms with Gasteiger partial charge in [-0.3, -0.25) is 34.7 Å². The fraction of sp³-hybridized carbons (Fsp3) is 0.444. The summed E-state index contributed by atoms with van der Waals surface area (Å²) in [5.41, 5.74) is 4.35. The zero-order valence-corrected chi connectivity index (χ0v) is 33.9. The fourth-order valence-corrected chi connectivity index (χ4v) is 10.2. The van der Waals surface area contributed by atoms with E-state index in [1.807, 2.05) is 13.0 Å². The average molecular weight is 831 g/mol. The number of ether oxygens (including phenoxy) is 2. The molecule has 0 bridgehead atoms. The third kappa shape index (κ3) is 7.29. The summed E-state index contributed by atoms with van der Waals surface area (Å²) >= 11 is 0. The lowest BCUT2D eigenvalue weighted by Gasteiger charge is -2.51. The van der Waals surface area contributed by atoms with Crippen molar-refractivity contribution < 1.29 is 37.8 Å². The largest absolute Gasteiger partial charge is 0.474 e. The average Bonchev–Trinajstić information content (AvgIpc) is 3.49. The van der Waals surface area contributed by atoms with E-state index in [1.54, 1.807) is 36.7 Å². The minimum absolute atomic E-state index is 0.0877. The quantitative estimate of drug-likeness (QED) is 0.195. The summed E-state index contributed by atoms with van der Waals surface area (Å²) in [6.45, 7) is 7.83. The number of fused-ring (bicyclic) bond motifs is 3. The van der Waals surface area contributed by atoms with E-state index in [1.165, 1.54) is 6.07 Å². The molecule has 10 rings (SSSR count). The molecule has 6 aliphatic rings. The SMILES string of the molecule is Cc1c(-c2cc3cc(NC(=O)OC4CC5(CCN(CC6CCN(c7ccc8c(c7)C(=O)N(C7CCC(=O)NC7=O)C8=O)CC6)CC5)C4)ncc3cc2F)cnc2c1NCCO2. The van der Waals surface area contributed by atoms with Crippen molar-refractivity contribution in [1.29, 1.82) is 0 Å². The molecule has 1 atom stereocenters. The maximum atomic E-state index is 15.3. The number of anilines is 3. The highest BCUT2D eigenvalue weighted by atomic mass is 19.1. The van der Waals surface area contributed by atoms with E-state index >= 15 is 4.39 Å². The molecule has 16 heteroatoms. The molecule has 7 heterocycles. The molecule has 4 fully saturated rings. The Morgan fingerprint density at radius 2 is 1.70 bits per heavy atom. The zero-order chi connectivity index (χ0) is 42.0. The Hall–Kier alpha value is -6.16. The second-order valence-corrected chi connectivity index (χ2v) is 17.5. The van der Waals surface area contributed by atoms with Crippen LogP contribution in [-0.2, 0) is 14.3 Å². The van der Waals surface area contributed by atoms with Crippen LogP contribution in [0.2, 0.25) is 0 Å². The fourth-order valence-electron chi connectivity index (χ4n) is 10.2. The van der Waals surface area contributed by atoms with Gasteiger partial charge in [-0.25, -0.2) is 19.2 Å². The molecule has 1 unspecified atom stereocenters. The Balaban J connectivity index is 0.678. The van der Waals surface area contributed by atoms with Gasteiger partial charge in [0.05, 0.1) is 11.1 Å². The minimum atomic E-state index is -0.977. The van der Waals surface area contributed by atoms with Gasteiger partial charge in [0.2, 0.25) is 17.7 Å². The van der Waals surface area contributed by atoms with Gasteiger partial charge < -0.3 is 24.6 Å². The van der Waals surface area contributed by atoms with E-state index in [9.17, 15) is 24.0 Å². The van der Waals surface area contributed by atoms with Crippen LogP contribution in [0.3, 0.4) is 0 Å². The second kappa shape index (κ2) is 15.4. The van der Waals surface area contributed by atoms with E-state index in [0.29, 0.717) is 58.4 Å². The van der Waals surface area contributed by atoms with Gasteiger partial charge in [-0.1, -0.05) is 0 Å². The number of carbonyl (C=O) groups excluding carboxylic acids is 5. The molecule has 3 N–H and O–H groups in total. The van der Waals surface area contributed by atoms with E-state index in [0.717, 1.165) is 98.5 Å². The van der Waals surface area contributed by atoms with Crippen molar-refractivity contribution in [1.82, 2.24) is 25.1 Å². The number of benzene rings is 2. The number of carbonyl (C=O) groups is 5. The lowest BCUT2D eigenvalue weighted by atomic mass is 9.61. The van der Waals surface area contributed by atoms with E-state index < -0.39 is 35.8 Å². The van der Waals surface area contributed by atoms with Crippen LogP contribution >= 0.6 is 0 Å². The molecule has 5 aliphatic heterocycles. The van der Waals surface area contributed by atoms with E-state index in [4.69, 9.17) is 9.47 Å². The van der Waals surface area contributed by atoms with Crippen LogP contribution in [0, 0.1) is 24.1 Å². The third-order valence-electron chi connectivity index (χ3n) is 13.7. The number of nitrogens with one attached hydrogen (secondary N) is 3. The summed E-state index contributed by atoms with van der Waals surface area (Å²) in [5.74, 6) is -0.981. The molecule has 15 nitrogen and oxygen atoms in total. The summed E-state index contributed by atoms with van der Waals surface area (Å²) in [5, 5.41) is 9.65. The van der Waals surface area contributed by atoms with Crippen molar-refractivity contribution in [2.45, 2.75) is 70.4 Å². The van der Waals surface area contributed by atoms with Crippen LogP contribution in [0.15, 0.2) is 48.8 Å². The van der Waals surface area contributed by atoms with Crippen LogP contribution in [-0.4, -0.2) is 108 Å². The number of imide groups is 2. The Morgan fingerprint density at radius 3 is 2.49 bits per heavy atom. The lowest BCUT2D eigenvalue weighted by Crippen LogP contribution is -2.54. The molecule has 61 heavy (non-hydrogen) atoms. The van der Waals surface area contributed by atoms with Gasteiger partial charge in [0.1, 0.15) is 36.1 Å². The summed E-state index contributed by atoms with van der Waals surface area (Å²) in [7, 11) is 0. The molecular formula is C45H47FN8O7. The number of hydrogen-bond acceptors (Lipinski definition) is 12. The predicted octanol–water partition coefficient (Wildman–Crippen LogP) is 5.66. The van der Waals surface area contributed by atoms with Gasteiger partial charge in [-0.05, 0) is 124 Å². The Bertz CT molecular complexity index is 2490. The van der Waals surface area contributed by atoms with Crippen LogP contribution < -0.4 is 25.6 Å². The van der Waals surface area contributed by atoms with Crippen molar-refractivity contribution in [3.05, 3.63) is 71.3 Å². The van der Waals surface area contributed by atoms with E-state index in [2.05, 4.69) is 35.7 Å². The molecule has 316 valence electrons. The van der Waals surface area contributed by atoms with Gasteiger partial charge in [-0.15, -0.1) is 0 Å². The maximum Gasteiger partial charge on any atom is 0.413 e. The molecule has 2 aromatic heterocycles. The van der Waals surface area contributed by atoms with Gasteiger partial charge in [0.15, 0.2) is 0 Å². The molecule has 2 aromatic carbocycles. The molecule has 5 amide bonds. The molecule has 1 saturated carbocycles. The molecule has 1 aliphatic carbocycles. The summed E-state index contributed by atoms with van der Waals surface area (Å²) < 4.78 is 26.8. The van der Waals surface area contributed by atoms with Gasteiger partial charge >= 0.3 is 6.09 Å². The molecule has 3 saturated heterocycles. The smallest absolute Gasteiger partial charge is 0.413 e. The van der Waals surface area contributed by atoms with Crippen molar-refractivity contribution in [3.63, 3.8) is 0 Å². The molecular weight excluding hydrogens is 784 g/mol. The van der Waals surface area contributed by atoms with Gasteiger partial charge in [0.25, 0.3) is 11.8 Å². The van der Waals surface area contributed by atoms with Gasteiger partial charge in [-0.2, -0.15) is 0 Å². The summed E-state index contributed by atoms with van der Waals surface area (Å²) in [4.78, 5) is 78.1. The van der Waals surface area contributed by atoms with Crippen molar-refractivity contribution in [3.8, 4) is 17.0 Å². The summed E-state index contributed by atoms with van der Waals surface area (Å²) in [6, 6.07) is 9.28. The summed E-state index contributed by atoms with van der Waals surface area (Å²) in [6.07, 6.45) is 8.54. The first-order valence-corrected chi connectivity index (χ1v) is 21.3. The Labute approximate surface area is 351 Å². The van der Waals surface area contributed by atoms with Crippen LogP contribution in [0.25, 0.3) is 21.9 Å². The van der Waals surface area contributed by atoms with Crippen molar-refractivity contribution in [2.75, 3.05) is 61.4 Å². The van der Waals surface area contributed by atoms with E-state index in [-0.39, 0.29) is 30.2 Å². The van der Waals surface area contributed by atoms with Crippen molar-refractivity contribution in [2.24, 2.45) is 11.3 Å². The number of amides is 5. The highest BCUT2D eigenvalue weighted by Crippen LogP contribution is 2.50. The number of piperidine rings is 3. The number of rotatable bonds is 7. The minimum Gasteiger partial charge on any atom is -0.474 e. The number of halogens is 1. The number of likely N-dealkylation sites (tertiary alicyclic amines) is 1. The van der Waals surface area contributed by atoms with Crippen LogP contribution in [0.1, 0.15) is 77.6 Å².